The zero-order valence-electron chi connectivity index (χ0n) is 11.3. The molecule has 0 saturated heterocycles. The Labute approximate surface area is 128 Å². The van der Waals surface area contributed by atoms with E-state index in [0.717, 1.165) is 12.1 Å². The quantitative estimate of drug-likeness (QED) is 0.524. The number of hydrazone groups is 1. The van der Waals surface area contributed by atoms with Gasteiger partial charge in [-0.2, -0.15) is 18.3 Å². The molecule has 2 rings (SSSR count). The number of rotatable bonds is 4. The van der Waals surface area contributed by atoms with Crippen LogP contribution in [0.25, 0.3) is 0 Å². The molecule has 22 heavy (non-hydrogen) atoms. The predicted octanol–water partition coefficient (Wildman–Crippen LogP) is 4.00. The SMILES string of the molecule is COC(=O)c1sccc1NN=Cc1ccc(C(F)(F)F)cc1. The maximum Gasteiger partial charge on any atom is 0.416 e. The number of benzene rings is 1. The molecule has 1 aromatic carbocycles. The Morgan fingerprint density at radius 1 is 1.27 bits per heavy atom. The zero-order chi connectivity index (χ0) is 16.2. The van der Waals surface area contributed by atoms with E-state index in [-0.39, 0.29) is 0 Å². The summed E-state index contributed by atoms with van der Waals surface area (Å²) in [5, 5.41) is 5.59. The van der Waals surface area contributed by atoms with Gasteiger partial charge in [0.25, 0.3) is 0 Å². The van der Waals surface area contributed by atoms with E-state index < -0.39 is 17.7 Å². The summed E-state index contributed by atoms with van der Waals surface area (Å²) in [7, 11) is 1.28. The standard InChI is InChI=1S/C14H11F3N2O2S/c1-21-13(20)12-11(6-7-22-12)19-18-8-9-2-4-10(5-3-9)14(15,16)17/h2-8,19H,1H3. The van der Waals surface area contributed by atoms with Crippen LogP contribution in [0.15, 0.2) is 40.8 Å². The molecule has 0 amide bonds. The molecule has 0 unspecified atom stereocenters. The summed E-state index contributed by atoms with van der Waals surface area (Å²) < 4.78 is 41.9. The number of nitrogens with zero attached hydrogens (tertiary/aromatic N) is 1. The van der Waals surface area contributed by atoms with Crippen LogP contribution in [0.5, 0.6) is 0 Å². The number of carbonyl (C=O) groups excluding carboxylic acids is 1. The lowest BCUT2D eigenvalue weighted by atomic mass is 10.1. The van der Waals surface area contributed by atoms with Gasteiger partial charge >= 0.3 is 12.1 Å². The molecule has 2 aromatic rings. The molecule has 0 aliphatic carbocycles. The van der Waals surface area contributed by atoms with Crippen LogP contribution in [0.3, 0.4) is 0 Å². The molecule has 1 aromatic heterocycles. The fourth-order valence-corrected chi connectivity index (χ4v) is 2.34. The topological polar surface area (TPSA) is 50.7 Å². The molecular formula is C14H11F3N2O2S. The van der Waals surface area contributed by atoms with Crippen LogP contribution >= 0.6 is 11.3 Å². The molecule has 0 fully saturated rings. The van der Waals surface area contributed by atoms with Gasteiger partial charge in [0.1, 0.15) is 4.88 Å². The highest BCUT2D eigenvalue weighted by Gasteiger charge is 2.29. The second-order valence-corrected chi connectivity index (χ2v) is 5.06. The van der Waals surface area contributed by atoms with Gasteiger partial charge in [-0.15, -0.1) is 11.3 Å². The van der Waals surface area contributed by atoms with Crippen LogP contribution in [-0.4, -0.2) is 19.3 Å². The zero-order valence-corrected chi connectivity index (χ0v) is 12.2. The Kier molecular flexibility index (Phi) is 4.81. The van der Waals surface area contributed by atoms with Crippen molar-refractivity contribution < 1.29 is 22.7 Å². The van der Waals surface area contributed by atoms with Crippen LogP contribution < -0.4 is 5.43 Å². The van der Waals surface area contributed by atoms with E-state index in [1.807, 2.05) is 0 Å². The molecule has 8 heteroatoms. The lowest BCUT2D eigenvalue weighted by molar-refractivity contribution is -0.137. The Hall–Kier alpha value is -2.35. The monoisotopic (exact) mass is 328 g/mol. The minimum atomic E-state index is -4.36. The second-order valence-electron chi connectivity index (χ2n) is 4.14. The highest BCUT2D eigenvalue weighted by atomic mass is 32.1. The van der Waals surface area contributed by atoms with Gasteiger partial charge in [0.05, 0.1) is 24.6 Å². The lowest BCUT2D eigenvalue weighted by Crippen LogP contribution is -2.04. The number of methoxy groups -OCH3 is 1. The number of alkyl halides is 3. The second kappa shape index (κ2) is 6.61. The molecule has 0 bridgehead atoms. The first-order chi connectivity index (χ1) is 10.4. The molecule has 0 radical (unpaired) electrons. The van der Waals surface area contributed by atoms with E-state index in [0.29, 0.717) is 16.1 Å². The van der Waals surface area contributed by atoms with Crippen LogP contribution in [0.4, 0.5) is 18.9 Å². The molecule has 1 heterocycles. The summed E-state index contributed by atoms with van der Waals surface area (Å²) in [6.07, 6.45) is -3.00. The van der Waals surface area contributed by atoms with Crippen LogP contribution in [0.1, 0.15) is 20.8 Å². The van der Waals surface area contributed by atoms with Gasteiger partial charge in [-0.1, -0.05) is 12.1 Å². The predicted molar refractivity (Wildman–Crippen MR) is 78.3 cm³/mol. The number of thiophene rings is 1. The summed E-state index contributed by atoms with van der Waals surface area (Å²) in [4.78, 5) is 11.8. The van der Waals surface area contributed by atoms with Gasteiger partial charge in [-0.05, 0) is 29.1 Å². The van der Waals surface area contributed by atoms with Gasteiger partial charge in [0, 0.05) is 0 Å². The average Bonchev–Trinajstić information content (AvgIpc) is 2.94. The van der Waals surface area contributed by atoms with Crippen LogP contribution in [0.2, 0.25) is 0 Å². The number of nitrogens with one attached hydrogen (secondary N) is 1. The van der Waals surface area contributed by atoms with Crippen LogP contribution in [-0.2, 0) is 10.9 Å². The summed E-state index contributed by atoms with van der Waals surface area (Å²) in [6, 6.07) is 6.23. The van der Waals surface area contributed by atoms with Gasteiger partial charge in [-0.3, -0.25) is 5.43 Å². The van der Waals surface area contributed by atoms with E-state index in [1.165, 1.54) is 36.8 Å². The molecule has 116 valence electrons. The number of halogens is 3. The number of anilines is 1. The molecule has 0 spiro atoms. The smallest absolute Gasteiger partial charge is 0.416 e. The van der Waals surface area contributed by atoms with Gasteiger partial charge < -0.3 is 4.74 Å². The maximum absolute atomic E-state index is 12.4. The first-order valence-corrected chi connectivity index (χ1v) is 6.92. The maximum atomic E-state index is 12.4. The number of ether oxygens (including phenoxy) is 1. The third-order valence-corrected chi connectivity index (χ3v) is 3.57. The molecule has 1 N–H and O–H groups in total. The third-order valence-electron chi connectivity index (χ3n) is 2.67. The fraction of sp³-hybridized carbons (Fsp3) is 0.143. The molecule has 0 aliphatic rings. The minimum Gasteiger partial charge on any atom is -0.465 e. The Balaban J connectivity index is 2.04. The highest BCUT2D eigenvalue weighted by molar-refractivity contribution is 7.12. The van der Waals surface area contributed by atoms with Crippen molar-refractivity contribution in [1.29, 1.82) is 0 Å². The number of hydrogen-bond donors (Lipinski definition) is 1. The summed E-state index contributed by atoms with van der Waals surface area (Å²) in [5.41, 5.74) is 2.91. The number of esters is 1. The van der Waals surface area contributed by atoms with Crippen molar-refractivity contribution in [2.75, 3.05) is 12.5 Å². The number of hydrogen-bond acceptors (Lipinski definition) is 5. The first-order valence-electron chi connectivity index (χ1n) is 6.04. The van der Waals surface area contributed by atoms with Gasteiger partial charge in [0.15, 0.2) is 0 Å². The molecule has 0 aliphatic heterocycles. The van der Waals surface area contributed by atoms with Crippen molar-refractivity contribution in [2.24, 2.45) is 5.10 Å². The van der Waals surface area contributed by atoms with E-state index in [2.05, 4.69) is 15.3 Å². The Morgan fingerprint density at radius 2 is 1.95 bits per heavy atom. The van der Waals surface area contributed by atoms with E-state index in [9.17, 15) is 18.0 Å². The molecule has 0 atom stereocenters. The van der Waals surface area contributed by atoms with Crippen molar-refractivity contribution in [3.63, 3.8) is 0 Å². The van der Waals surface area contributed by atoms with E-state index in [1.54, 1.807) is 11.4 Å². The average molecular weight is 328 g/mol. The largest absolute Gasteiger partial charge is 0.465 e. The van der Waals surface area contributed by atoms with Crippen molar-refractivity contribution in [2.45, 2.75) is 6.18 Å². The first kappa shape index (κ1) is 16.0. The summed E-state index contributed by atoms with van der Waals surface area (Å²) in [5.74, 6) is -0.484. The van der Waals surface area contributed by atoms with Crippen molar-refractivity contribution in [1.82, 2.24) is 0 Å². The van der Waals surface area contributed by atoms with Crippen molar-refractivity contribution in [3.05, 3.63) is 51.7 Å². The summed E-state index contributed by atoms with van der Waals surface area (Å²) >= 11 is 1.20. The van der Waals surface area contributed by atoms with Crippen LogP contribution in [0, 0.1) is 0 Å². The Morgan fingerprint density at radius 3 is 2.55 bits per heavy atom. The molecule has 0 saturated carbocycles. The van der Waals surface area contributed by atoms with Gasteiger partial charge in [-0.25, -0.2) is 4.79 Å². The molecule has 4 nitrogen and oxygen atoms in total. The summed E-state index contributed by atoms with van der Waals surface area (Å²) in [6.45, 7) is 0. The van der Waals surface area contributed by atoms with E-state index in [4.69, 9.17) is 0 Å². The van der Waals surface area contributed by atoms with Gasteiger partial charge in [0.2, 0.25) is 0 Å². The van der Waals surface area contributed by atoms with Crippen molar-refractivity contribution >= 4 is 29.2 Å². The highest BCUT2D eigenvalue weighted by Crippen LogP contribution is 2.29. The Bertz CT molecular complexity index is 678. The van der Waals surface area contributed by atoms with E-state index >= 15 is 0 Å². The lowest BCUT2D eigenvalue weighted by Gasteiger charge is -2.05. The minimum absolute atomic E-state index is 0.368. The molecular weight excluding hydrogens is 317 g/mol. The normalized spacial score (nSPS) is 11.6. The van der Waals surface area contributed by atoms with Crippen molar-refractivity contribution in [3.8, 4) is 0 Å². The third kappa shape index (κ3) is 3.85. The number of carbonyl (C=O) groups is 1. The fourth-order valence-electron chi connectivity index (χ4n) is 1.58.